The van der Waals surface area contributed by atoms with Gasteiger partial charge in [-0.25, -0.2) is 0 Å². The van der Waals surface area contributed by atoms with Crippen LogP contribution in [-0.2, 0) is 6.42 Å². The minimum Gasteiger partial charge on any atom is -0.339 e. The number of benzene rings is 1. The maximum absolute atomic E-state index is 5.99. The average molecular weight is 342 g/mol. The molecule has 3 rings (SSSR count). The molecule has 0 aliphatic carbocycles. The van der Waals surface area contributed by atoms with E-state index in [0.717, 1.165) is 25.1 Å². The van der Waals surface area contributed by atoms with Gasteiger partial charge in [-0.15, -0.1) is 12.4 Å². The van der Waals surface area contributed by atoms with Gasteiger partial charge in [0.2, 0.25) is 11.7 Å². The summed E-state index contributed by atoms with van der Waals surface area (Å²) in [5.74, 6) is 2.57. The quantitative estimate of drug-likeness (QED) is 0.913. The van der Waals surface area contributed by atoms with Crippen LogP contribution in [0.4, 0.5) is 0 Å². The van der Waals surface area contributed by atoms with Gasteiger partial charge < -0.3 is 9.84 Å². The molecule has 22 heavy (non-hydrogen) atoms. The van der Waals surface area contributed by atoms with E-state index in [4.69, 9.17) is 16.1 Å². The van der Waals surface area contributed by atoms with Gasteiger partial charge in [-0.3, -0.25) is 0 Å². The summed E-state index contributed by atoms with van der Waals surface area (Å²) in [7, 11) is 0. The average Bonchev–Trinajstić information content (AvgIpc) is 2.97. The second-order valence-corrected chi connectivity index (χ2v) is 6.25. The first-order valence-electron chi connectivity index (χ1n) is 7.51. The molecule has 6 heteroatoms. The van der Waals surface area contributed by atoms with Crippen molar-refractivity contribution >= 4 is 24.0 Å². The Balaban J connectivity index is 0.00000176. The number of halogens is 2. The Morgan fingerprint density at radius 2 is 2.32 bits per heavy atom. The smallest absolute Gasteiger partial charge is 0.227 e. The van der Waals surface area contributed by atoms with E-state index in [0.29, 0.717) is 28.6 Å². The first-order chi connectivity index (χ1) is 10.2. The van der Waals surface area contributed by atoms with E-state index in [1.165, 1.54) is 12.8 Å². The van der Waals surface area contributed by atoms with Crippen molar-refractivity contribution in [3.63, 3.8) is 0 Å². The lowest BCUT2D eigenvalue weighted by molar-refractivity contribution is 0.257. The lowest BCUT2D eigenvalue weighted by Gasteiger charge is -2.27. The number of hydrogen-bond acceptors (Lipinski definition) is 4. The van der Waals surface area contributed by atoms with E-state index in [-0.39, 0.29) is 12.4 Å². The third-order valence-corrected chi connectivity index (χ3v) is 4.42. The molecule has 0 amide bonds. The Kier molecular flexibility index (Phi) is 6.24. The number of piperidine rings is 1. The summed E-state index contributed by atoms with van der Waals surface area (Å²) in [4.78, 5) is 4.50. The Morgan fingerprint density at radius 1 is 1.45 bits per heavy atom. The number of hydrogen-bond donors (Lipinski definition) is 1. The highest BCUT2D eigenvalue weighted by Crippen LogP contribution is 2.24. The minimum absolute atomic E-state index is 0. The monoisotopic (exact) mass is 341 g/mol. The molecule has 1 saturated heterocycles. The fraction of sp³-hybridized carbons (Fsp3) is 0.500. The van der Waals surface area contributed by atoms with Crippen LogP contribution in [0, 0.1) is 11.8 Å². The number of nitrogens with one attached hydrogen (secondary N) is 1. The second kappa shape index (κ2) is 7.95. The second-order valence-electron chi connectivity index (χ2n) is 5.81. The topological polar surface area (TPSA) is 51.0 Å². The number of aromatic nitrogens is 2. The molecule has 1 aliphatic heterocycles. The lowest BCUT2D eigenvalue weighted by Crippen LogP contribution is -2.33. The molecule has 0 spiro atoms. The molecule has 2 aromatic rings. The van der Waals surface area contributed by atoms with E-state index >= 15 is 0 Å². The van der Waals surface area contributed by atoms with Crippen molar-refractivity contribution in [2.24, 2.45) is 11.8 Å². The van der Waals surface area contributed by atoms with E-state index in [1.807, 2.05) is 24.3 Å². The zero-order chi connectivity index (χ0) is 14.7. The van der Waals surface area contributed by atoms with Crippen LogP contribution in [0.25, 0.3) is 11.4 Å². The molecule has 2 heterocycles. The van der Waals surface area contributed by atoms with Gasteiger partial charge in [-0.05, 0) is 49.9 Å². The van der Waals surface area contributed by atoms with Crippen molar-refractivity contribution in [3.05, 3.63) is 35.2 Å². The summed E-state index contributed by atoms with van der Waals surface area (Å²) < 4.78 is 5.40. The Morgan fingerprint density at radius 3 is 3.05 bits per heavy atom. The molecule has 2 unspecified atom stereocenters. The summed E-state index contributed by atoms with van der Waals surface area (Å²) in [6, 6.07) is 7.52. The summed E-state index contributed by atoms with van der Waals surface area (Å²) in [6.07, 6.45) is 3.37. The summed E-state index contributed by atoms with van der Waals surface area (Å²) in [5, 5.41) is 8.20. The van der Waals surface area contributed by atoms with Gasteiger partial charge in [0.1, 0.15) is 0 Å². The fourth-order valence-electron chi connectivity index (χ4n) is 2.89. The molecule has 2 atom stereocenters. The van der Waals surface area contributed by atoms with E-state index in [9.17, 15) is 0 Å². The van der Waals surface area contributed by atoms with Crippen molar-refractivity contribution in [1.29, 1.82) is 0 Å². The molecular weight excluding hydrogens is 321 g/mol. The summed E-state index contributed by atoms with van der Waals surface area (Å²) >= 11 is 5.99. The van der Waals surface area contributed by atoms with Crippen LogP contribution < -0.4 is 5.32 Å². The minimum atomic E-state index is 0. The Hall–Kier alpha value is -1.10. The molecule has 0 saturated carbocycles. The molecule has 1 fully saturated rings. The standard InChI is InChI=1S/C16H20ClN3O.ClH/c1-11(13-5-3-7-18-10-13)8-15-19-16(20-21-15)12-4-2-6-14(17)9-12;/h2,4,6,9,11,13,18H,3,5,7-8,10H2,1H3;1H. The van der Waals surface area contributed by atoms with Gasteiger partial charge in [0.15, 0.2) is 0 Å². The van der Waals surface area contributed by atoms with Gasteiger partial charge in [-0.2, -0.15) is 4.98 Å². The molecular formula is C16H21Cl2N3O. The largest absolute Gasteiger partial charge is 0.339 e. The summed E-state index contributed by atoms with van der Waals surface area (Å²) in [6.45, 7) is 4.50. The van der Waals surface area contributed by atoms with Gasteiger partial charge in [0, 0.05) is 17.0 Å². The highest BCUT2D eigenvalue weighted by Gasteiger charge is 2.22. The molecule has 1 aromatic carbocycles. The highest BCUT2D eigenvalue weighted by molar-refractivity contribution is 6.30. The Bertz CT molecular complexity index is 597. The van der Waals surface area contributed by atoms with Gasteiger partial charge in [0.25, 0.3) is 0 Å². The van der Waals surface area contributed by atoms with Crippen LogP contribution in [0.1, 0.15) is 25.7 Å². The fourth-order valence-corrected chi connectivity index (χ4v) is 3.08. The molecule has 1 aromatic heterocycles. The predicted octanol–water partition coefficient (Wildman–Crippen LogP) is 3.99. The van der Waals surface area contributed by atoms with Crippen molar-refractivity contribution < 1.29 is 4.52 Å². The van der Waals surface area contributed by atoms with E-state index in [2.05, 4.69) is 22.4 Å². The molecule has 120 valence electrons. The van der Waals surface area contributed by atoms with Crippen molar-refractivity contribution in [2.75, 3.05) is 13.1 Å². The van der Waals surface area contributed by atoms with Crippen LogP contribution in [0.15, 0.2) is 28.8 Å². The molecule has 0 radical (unpaired) electrons. The van der Waals surface area contributed by atoms with Crippen LogP contribution in [0.2, 0.25) is 5.02 Å². The van der Waals surface area contributed by atoms with Gasteiger partial charge in [-0.1, -0.05) is 35.8 Å². The summed E-state index contributed by atoms with van der Waals surface area (Å²) in [5.41, 5.74) is 0.893. The van der Waals surface area contributed by atoms with Crippen LogP contribution in [0.3, 0.4) is 0 Å². The van der Waals surface area contributed by atoms with Gasteiger partial charge >= 0.3 is 0 Å². The molecule has 0 bridgehead atoms. The molecule has 1 aliphatic rings. The van der Waals surface area contributed by atoms with Gasteiger partial charge in [0.05, 0.1) is 0 Å². The normalized spacial score (nSPS) is 19.5. The first-order valence-corrected chi connectivity index (χ1v) is 7.89. The SMILES string of the molecule is CC(Cc1nc(-c2cccc(Cl)c2)no1)C1CCCNC1.Cl. The van der Waals surface area contributed by atoms with E-state index < -0.39 is 0 Å². The lowest BCUT2D eigenvalue weighted by atomic mass is 9.85. The third kappa shape index (κ3) is 4.22. The first kappa shape index (κ1) is 17.3. The Labute approximate surface area is 142 Å². The molecule has 1 N–H and O–H groups in total. The highest BCUT2D eigenvalue weighted by atomic mass is 35.5. The third-order valence-electron chi connectivity index (χ3n) is 4.19. The number of rotatable bonds is 4. The zero-order valence-corrected chi connectivity index (χ0v) is 14.2. The zero-order valence-electron chi connectivity index (χ0n) is 12.6. The van der Waals surface area contributed by atoms with Crippen molar-refractivity contribution in [2.45, 2.75) is 26.2 Å². The maximum atomic E-state index is 5.99. The van der Waals surface area contributed by atoms with Crippen LogP contribution >= 0.6 is 24.0 Å². The predicted molar refractivity (Wildman–Crippen MR) is 90.5 cm³/mol. The molecule has 4 nitrogen and oxygen atoms in total. The van der Waals surface area contributed by atoms with Crippen molar-refractivity contribution in [3.8, 4) is 11.4 Å². The van der Waals surface area contributed by atoms with E-state index in [1.54, 1.807) is 0 Å². The van der Waals surface area contributed by atoms with Crippen LogP contribution in [-0.4, -0.2) is 23.2 Å². The van der Waals surface area contributed by atoms with Crippen LogP contribution in [0.5, 0.6) is 0 Å². The maximum Gasteiger partial charge on any atom is 0.227 e. The number of nitrogens with zero attached hydrogens (tertiary/aromatic N) is 2. The van der Waals surface area contributed by atoms with Crippen molar-refractivity contribution in [1.82, 2.24) is 15.5 Å².